The lowest BCUT2D eigenvalue weighted by atomic mass is 9.87. The number of amides is 1. The summed E-state index contributed by atoms with van der Waals surface area (Å²) in [6.07, 6.45) is 1.61. The average Bonchev–Trinajstić information content (AvgIpc) is 3.41. The summed E-state index contributed by atoms with van der Waals surface area (Å²) in [6.45, 7) is 2.79. The fourth-order valence-electron chi connectivity index (χ4n) is 4.74. The third-order valence-electron chi connectivity index (χ3n) is 6.38. The average molecular weight is 514 g/mol. The summed E-state index contributed by atoms with van der Waals surface area (Å²) in [5.74, 6) is -0.360. The summed E-state index contributed by atoms with van der Waals surface area (Å²) in [5, 5.41) is 10.2. The van der Waals surface area contributed by atoms with Crippen LogP contribution >= 0.6 is 34.8 Å². The van der Waals surface area contributed by atoms with Gasteiger partial charge in [0.1, 0.15) is 5.71 Å². The lowest BCUT2D eigenvalue weighted by molar-refractivity contribution is -0.115. The number of nitrogens with one attached hydrogen (secondary N) is 1. The molecular formula is C26H23Cl3N4O. The second-order valence-corrected chi connectivity index (χ2v) is 9.69. The number of nitrogens with zero attached hydrogens (tertiary/aromatic N) is 3. The number of hydrogen-bond donors (Lipinski definition) is 1. The lowest BCUT2D eigenvalue weighted by Crippen LogP contribution is -2.46. The molecule has 0 unspecified atom stereocenters. The Morgan fingerprint density at radius 2 is 1.74 bits per heavy atom. The quantitative estimate of drug-likeness (QED) is 0.414. The molecule has 1 amide bonds. The fourth-order valence-corrected chi connectivity index (χ4v) is 5.36. The van der Waals surface area contributed by atoms with Gasteiger partial charge in [-0.3, -0.25) is 20.2 Å². The second-order valence-electron chi connectivity index (χ2n) is 8.41. The molecule has 0 radical (unpaired) electrons. The molecule has 0 bridgehead atoms. The molecule has 5 nitrogen and oxygen atoms in total. The van der Waals surface area contributed by atoms with Crippen LogP contribution in [0.15, 0.2) is 71.8 Å². The van der Waals surface area contributed by atoms with Gasteiger partial charge in [0.25, 0.3) is 5.91 Å². The van der Waals surface area contributed by atoms with E-state index in [1.165, 1.54) is 5.56 Å². The lowest BCUT2D eigenvalue weighted by Gasteiger charge is -2.29. The van der Waals surface area contributed by atoms with Crippen molar-refractivity contribution >= 4 is 57.8 Å². The summed E-state index contributed by atoms with van der Waals surface area (Å²) < 4.78 is 0. The molecule has 0 saturated carbocycles. The molecule has 0 aliphatic carbocycles. The maximum absolute atomic E-state index is 13.5. The first-order chi connectivity index (χ1) is 16.5. The summed E-state index contributed by atoms with van der Waals surface area (Å²) in [4.78, 5) is 13.5. The van der Waals surface area contributed by atoms with Crippen LogP contribution in [0.25, 0.3) is 0 Å². The smallest absolute Gasteiger partial charge is 0.285 e. The summed E-state index contributed by atoms with van der Waals surface area (Å²) in [5.41, 5.74) is 7.49. The van der Waals surface area contributed by atoms with Crippen molar-refractivity contribution in [2.24, 2.45) is 11.0 Å². The predicted octanol–water partition coefficient (Wildman–Crippen LogP) is 6.68. The Balaban J connectivity index is 1.52. The zero-order valence-corrected chi connectivity index (χ0v) is 20.8. The monoisotopic (exact) mass is 512 g/mol. The zero-order valence-electron chi connectivity index (χ0n) is 18.5. The van der Waals surface area contributed by atoms with Crippen LogP contribution in [0.2, 0.25) is 15.1 Å². The number of carbonyl (C=O) groups is 1. The maximum atomic E-state index is 13.5. The topological polar surface area (TPSA) is 47.9 Å². The van der Waals surface area contributed by atoms with E-state index >= 15 is 0 Å². The van der Waals surface area contributed by atoms with Gasteiger partial charge in [0, 0.05) is 22.5 Å². The highest BCUT2D eigenvalue weighted by Crippen LogP contribution is 2.44. The van der Waals surface area contributed by atoms with E-state index in [2.05, 4.69) is 18.4 Å². The molecule has 2 heterocycles. The first-order valence-corrected chi connectivity index (χ1v) is 12.3. The number of para-hydroxylation sites is 1. The molecule has 0 aromatic heterocycles. The third kappa shape index (κ3) is 4.24. The van der Waals surface area contributed by atoms with Crippen molar-refractivity contribution in [2.45, 2.75) is 25.8 Å². The number of halogens is 3. The molecule has 1 N–H and O–H groups in total. The van der Waals surface area contributed by atoms with Crippen LogP contribution in [0, 0.1) is 5.92 Å². The van der Waals surface area contributed by atoms with Crippen molar-refractivity contribution in [1.82, 2.24) is 5.43 Å². The fraction of sp³-hybridized carbons (Fsp3) is 0.231. The number of hydrazone groups is 1. The molecule has 8 heteroatoms. The van der Waals surface area contributed by atoms with E-state index in [0.29, 0.717) is 26.5 Å². The van der Waals surface area contributed by atoms with E-state index in [-0.39, 0.29) is 17.9 Å². The van der Waals surface area contributed by atoms with Gasteiger partial charge in [0.15, 0.2) is 0 Å². The predicted molar refractivity (Wildman–Crippen MR) is 140 cm³/mol. The molecule has 3 aromatic carbocycles. The highest BCUT2D eigenvalue weighted by molar-refractivity contribution is 6.41. The van der Waals surface area contributed by atoms with Crippen LogP contribution in [0.4, 0.5) is 11.4 Å². The summed E-state index contributed by atoms with van der Waals surface area (Å²) >= 11 is 18.9. The van der Waals surface area contributed by atoms with Crippen LogP contribution in [0.1, 0.15) is 30.5 Å². The molecule has 3 aromatic rings. The van der Waals surface area contributed by atoms with E-state index in [1.807, 2.05) is 58.5 Å². The molecular weight excluding hydrogens is 491 g/mol. The van der Waals surface area contributed by atoms with E-state index in [0.717, 1.165) is 30.6 Å². The van der Waals surface area contributed by atoms with Crippen LogP contribution in [0.5, 0.6) is 0 Å². The zero-order chi connectivity index (χ0) is 23.8. The van der Waals surface area contributed by atoms with Gasteiger partial charge in [-0.1, -0.05) is 72.1 Å². The number of rotatable bonds is 5. The largest absolute Gasteiger partial charge is 0.286 e. The van der Waals surface area contributed by atoms with Crippen molar-refractivity contribution in [3.8, 4) is 0 Å². The first-order valence-electron chi connectivity index (χ1n) is 11.2. The van der Waals surface area contributed by atoms with Crippen molar-refractivity contribution in [1.29, 1.82) is 0 Å². The first kappa shape index (κ1) is 23.0. The number of anilines is 2. The second kappa shape index (κ2) is 9.49. The third-order valence-corrected chi connectivity index (χ3v) is 7.17. The van der Waals surface area contributed by atoms with E-state index in [1.54, 1.807) is 12.1 Å². The normalized spacial score (nSPS) is 19.2. The number of carbonyl (C=O) groups excluding carboxylic acids is 1. The Bertz CT molecular complexity index is 1260. The SMILES string of the molecule is CC[C@H]1C(C(=O)NN2CCc3ccccc32)=NN(c2ccc(Cl)cc2Cl)[C@H]1c1ccc(Cl)cc1. The molecule has 0 saturated heterocycles. The van der Waals surface area contributed by atoms with Gasteiger partial charge < -0.3 is 0 Å². The van der Waals surface area contributed by atoms with Gasteiger partial charge in [0.05, 0.1) is 22.4 Å². The molecule has 0 fully saturated rings. The van der Waals surface area contributed by atoms with Crippen molar-refractivity contribution in [3.05, 3.63) is 92.9 Å². The highest BCUT2D eigenvalue weighted by Gasteiger charge is 2.42. The minimum atomic E-state index is -0.215. The molecule has 34 heavy (non-hydrogen) atoms. The van der Waals surface area contributed by atoms with Gasteiger partial charge in [-0.05, 0) is 60.4 Å². The minimum absolute atomic E-state index is 0.147. The number of benzene rings is 3. The van der Waals surface area contributed by atoms with Crippen molar-refractivity contribution < 1.29 is 4.79 Å². The van der Waals surface area contributed by atoms with Gasteiger partial charge >= 0.3 is 0 Å². The Morgan fingerprint density at radius 1 is 1.00 bits per heavy atom. The van der Waals surface area contributed by atoms with Crippen molar-refractivity contribution in [3.63, 3.8) is 0 Å². The minimum Gasteiger partial charge on any atom is -0.285 e. The molecule has 2 aliphatic heterocycles. The van der Waals surface area contributed by atoms with E-state index in [4.69, 9.17) is 39.9 Å². The van der Waals surface area contributed by atoms with Crippen LogP contribution < -0.4 is 15.4 Å². The number of hydrazine groups is 1. The van der Waals surface area contributed by atoms with E-state index < -0.39 is 0 Å². The Labute approximate surface area is 213 Å². The molecule has 2 aliphatic rings. The maximum Gasteiger partial charge on any atom is 0.286 e. The molecule has 5 rings (SSSR count). The summed E-state index contributed by atoms with van der Waals surface area (Å²) in [7, 11) is 0. The summed E-state index contributed by atoms with van der Waals surface area (Å²) in [6, 6.07) is 20.8. The van der Waals surface area contributed by atoms with Crippen LogP contribution in [0.3, 0.4) is 0 Å². The van der Waals surface area contributed by atoms with E-state index in [9.17, 15) is 4.79 Å². The molecule has 0 spiro atoms. The van der Waals surface area contributed by atoms with Gasteiger partial charge in [0.2, 0.25) is 0 Å². The Hall–Kier alpha value is -2.73. The Morgan fingerprint density at radius 3 is 2.47 bits per heavy atom. The highest BCUT2D eigenvalue weighted by atomic mass is 35.5. The van der Waals surface area contributed by atoms with Gasteiger partial charge in [-0.15, -0.1) is 0 Å². The molecule has 174 valence electrons. The van der Waals surface area contributed by atoms with Crippen LogP contribution in [-0.2, 0) is 11.2 Å². The Kier molecular flexibility index (Phi) is 6.43. The van der Waals surface area contributed by atoms with Crippen molar-refractivity contribution in [2.75, 3.05) is 16.6 Å². The standard InChI is InChI=1S/C26H23Cl3N4O/c1-2-20-24(26(34)31-32-14-13-16-5-3-4-6-22(16)32)30-33(23-12-11-19(28)15-21(23)29)25(20)17-7-9-18(27)10-8-17/h3-12,15,20,25H,2,13-14H2,1H3,(H,31,34)/t20-,25-/m0/s1. The number of hydrogen-bond acceptors (Lipinski definition) is 4. The van der Waals surface area contributed by atoms with Crippen LogP contribution in [-0.4, -0.2) is 18.2 Å². The van der Waals surface area contributed by atoms with Gasteiger partial charge in [-0.25, -0.2) is 0 Å². The number of fused-ring (bicyclic) bond motifs is 1. The molecule has 2 atom stereocenters. The van der Waals surface area contributed by atoms with Gasteiger partial charge in [-0.2, -0.15) is 5.10 Å².